The molecule has 2 aromatic carbocycles. The molecular formula is C19H19N2O+. The van der Waals surface area contributed by atoms with Crippen LogP contribution in [0.1, 0.15) is 17.1 Å². The molecule has 0 saturated heterocycles. The van der Waals surface area contributed by atoms with Crippen LogP contribution in [-0.2, 0) is 6.54 Å². The molecule has 110 valence electrons. The van der Waals surface area contributed by atoms with Gasteiger partial charge < -0.3 is 0 Å². The van der Waals surface area contributed by atoms with Gasteiger partial charge in [0.25, 0.3) is 5.82 Å². The number of nitrogens with zero attached hydrogens (tertiary/aromatic N) is 1. The Balaban J connectivity index is 2.14. The summed E-state index contributed by atoms with van der Waals surface area (Å²) in [5.74, 6) is 0.867. The van der Waals surface area contributed by atoms with E-state index in [0.29, 0.717) is 0 Å². The van der Waals surface area contributed by atoms with Gasteiger partial charge in [0.15, 0.2) is 0 Å². The molecule has 0 aliphatic carbocycles. The zero-order chi connectivity index (χ0) is 15.5. The number of H-pyrrole nitrogens is 1. The van der Waals surface area contributed by atoms with Crippen molar-refractivity contribution in [3.8, 4) is 11.1 Å². The highest BCUT2D eigenvalue weighted by atomic mass is 16.1. The summed E-state index contributed by atoms with van der Waals surface area (Å²) in [5.41, 5.74) is 3.84. The van der Waals surface area contributed by atoms with Gasteiger partial charge in [-0.05, 0) is 18.1 Å². The predicted molar refractivity (Wildman–Crippen MR) is 87.7 cm³/mol. The Kier molecular flexibility index (Phi) is 3.88. The second-order valence-corrected chi connectivity index (χ2v) is 5.44. The summed E-state index contributed by atoms with van der Waals surface area (Å²) in [6, 6.07) is 20.1. The quantitative estimate of drug-likeness (QED) is 0.740. The lowest BCUT2D eigenvalue weighted by Crippen LogP contribution is -2.45. The summed E-state index contributed by atoms with van der Waals surface area (Å²) in [4.78, 5) is 15.4. The molecule has 3 heteroatoms. The van der Waals surface area contributed by atoms with E-state index < -0.39 is 0 Å². The molecular weight excluding hydrogens is 272 g/mol. The van der Waals surface area contributed by atoms with Crippen LogP contribution in [0.5, 0.6) is 0 Å². The first-order valence-corrected chi connectivity index (χ1v) is 7.39. The Morgan fingerprint density at radius 3 is 2.14 bits per heavy atom. The summed E-state index contributed by atoms with van der Waals surface area (Å²) in [5, 5.41) is 0. The molecule has 22 heavy (non-hydrogen) atoms. The van der Waals surface area contributed by atoms with Crippen LogP contribution in [0.25, 0.3) is 11.1 Å². The fourth-order valence-electron chi connectivity index (χ4n) is 2.79. The number of hydrogen-bond acceptors (Lipinski definition) is 1. The first-order chi connectivity index (χ1) is 10.7. The maximum absolute atomic E-state index is 12.4. The fraction of sp³-hybridized carbons (Fsp3) is 0.158. The van der Waals surface area contributed by atoms with Gasteiger partial charge in [-0.3, -0.25) is 0 Å². The fourth-order valence-corrected chi connectivity index (χ4v) is 2.79. The number of aromatic nitrogens is 2. The Morgan fingerprint density at radius 2 is 1.50 bits per heavy atom. The van der Waals surface area contributed by atoms with Crippen LogP contribution in [0.3, 0.4) is 0 Å². The summed E-state index contributed by atoms with van der Waals surface area (Å²) >= 11 is 0. The third-order valence-corrected chi connectivity index (χ3v) is 3.94. The molecule has 3 nitrogen and oxygen atoms in total. The Morgan fingerprint density at radius 1 is 0.909 bits per heavy atom. The van der Waals surface area contributed by atoms with Crippen LogP contribution in [0.15, 0.2) is 65.5 Å². The lowest BCUT2D eigenvalue weighted by atomic mass is 10.1. The summed E-state index contributed by atoms with van der Waals surface area (Å²) in [6.07, 6.45) is 0. The van der Waals surface area contributed by atoms with Crippen molar-refractivity contribution in [3.05, 3.63) is 88.1 Å². The van der Waals surface area contributed by atoms with Crippen molar-refractivity contribution in [3.63, 3.8) is 0 Å². The normalized spacial score (nSPS) is 10.6. The lowest BCUT2D eigenvalue weighted by molar-refractivity contribution is -0.702. The Bertz CT molecular complexity index is 837. The zero-order valence-corrected chi connectivity index (χ0v) is 12.8. The van der Waals surface area contributed by atoms with Crippen LogP contribution < -0.4 is 10.1 Å². The summed E-state index contributed by atoms with van der Waals surface area (Å²) < 4.78 is 2.15. The molecule has 1 aromatic heterocycles. The summed E-state index contributed by atoms with van der Waals surface area (Å²) in [7, 11) is 0. The van der Waals surface area contributed by atoms with Gasteiger partial charge in [0.2, 0.25) is 0 Å². The van der Waals surface area contributed by atoms with Gasteiger partial charge in [-0.25, -0.2) is 14.3 Å². The molecule has 3 rings (SSSR count). The van der Waals surface area contributed by atoms with Crippen LogP contribution in [-0.4, -0.2) is 4.98 Å². The maximum Gasteiger partial charge on any atom is 0.343 e. The van der Waals surface area contributed by atoms with Gasteiger partial charge in [0.1, 0.15) is 17.8 Å². The van der Waals surface area contributed by atoms with Gasteiger partial charge >= 0.3 is 5.56 Å². The second kappa shape index (κ2) is 5.98. The van der Waals surface area contributed by atoms with Crippen molar-refractivity contribution in [1.82, 2.24) is 4.98 Å². The van der Waals surface area contributed by atoms with Crippen LogP contribution in [0.2, 0.25) is 0 Å². The van der Waals surface area contributed by atoms with E-state index in [9.17, 15) is 4.79 Å². The van der Waals surface area contributed by atoms with Crippen LogP contribution in [0, 0.1) is 13.8 Å². The van der Waals surface area contributed by atoms with E-state index >= 15 is 0 Å². The van der Waals surface area contributed by atoms with E-state index in [1.54, 1.807) is 0 Å². The highest BCUT2D eigenvalue weighted by Crippen LogP contribution is 2.16. The van der Waals surface area contributed by atoms with Crippen LogP contribution >= 0.6 is 0 Å². The van der Waals surface area contributed by atoms with Gasteiger partial charge in [-0.1, -0.05) is 60.7 Å². The number of rotatable bonds is 3. The van der Waals surface area contributed by atoms with E-state index in [0.717, 1.165) is 29.2 Å². The van der Waals surface area contributed by atoms with E-state index in [4.69, 9.17) is 0 Å². The molecule has 0 unspecified atom stereocenters. The molecule has 0 saturated carbocycles. The average Bonchev–Trinajstić information content (AvgIpc) is 2.53. The minimum atomic E-state index is -0.0366. The Hall–Kier alpha value is -2.68. The van der Waals surface area contributed by atoms with Crippen molar-refractivity contribution in [2.75, 3.05) is 0 Å². The number of benzene rings is 2. The minimum absolute atomic E-state index is 0.0366. The zero-order valence-electron chi connectivity index (χ0n) is 12.8. The van der Waals surface area contributed by atoms with Crippen molar-refractivity contribution in [1.29, 1.82) is 0 Å². The topological polar surface area (TPSA) is 36.7 Å². The third-order valence-electron chi connectivity index (χ3n) is 3.94. The number of nitrogens with one attached hydrogen (secondary N) is 1. The SMILES string of the molecule is Cc1[nH]c(=O)c(-c2ccccc2)c(C)[n+]1Cc1ccccc1. The monoisotopic (exact) mass is 291 g/mol. The van der Waals surface area contributed by atoms with Crippen molar-refractivity contribution in [2.24, 2.45) is 0 Å². The maximum atomic E-state index is 12.4. The minimum Gasteiger partial charge on any atom is -0.241 e. The molecule has 3 aromatic rings. The first kappa shape index (κ1) is 14.3. The molecule has 0 spiro atoms. The number of hydrogen-bond donors (Lipinski definition) is 1. The van der Waals surface area contributed by atoms with Crippen LogP contribution in [0.4, 0.5) is 0 Å². The molecule has 1 N–H and O–H groups in total. The van der Waals surface area contributed by atoms with E-state index in [2.05, 4.69) is 21.7 Å². The molecule has 1 heterocycles. The first-order valence-electron chi connectivity index (χ1n) is 7.39. The Labute approximate surface area is 129 Å². The third kappa shape index (κ3) is 2.70. The van der Waals surface area contributed by atoms with Crippen molar-refractivity contribution in [2.45, 2.75) is 20.4 Å². The standard InChI is InChI=1S/C19H18N2O/c1-14-18(17-11-7-4-8-12-17)19(22)20-15(2)21(14)13-16-9-5-3-6-10-16/h3-12H,13H2,1-2H3/p+1. The van der Waals surface area contributed by atoms with Gasteiger partial charge in [0.05, 0.1) is 0 Å². The molecule has 0 radical (unpaired) electrons. The molecule has 0 fully saturated rings. The molecule has 0 bridgehead atoms. The molecule has 0 atom stereocenters. The number of aromatic amines is 1. The largest absolute Gasteiger partial charge is 0.343 e. The van der Waals surface area contributed by atoms with E-state index in [-0.39, 0.29) is 5.56 Å². The summed E-state index contributed by atoms with van der Waals surface area (Å²) in [6.45, 7) is 4.69. The molecule has 0 aliphatic heterocycles. The smallest absolute Gasteiger partial charge is 0.241 e. The van der Waals surface area contributed by atoms with Gasteiger partial charge in [0, 0.05) is 6.92 Å². The average molecular weight is 291 g/mol. The lowest BCUT2D eigenvalue weighted by Gasteiger charge is -2.10. The van der Waals surface area contributed by atoms with Crippen molar-refractivity contribution >= 4 is 0 Å². The number of aryl methyl sites for hydroxylation is 1. The van der Waals surface area contributed by atoms with E-state index in [1.807, 2.05) is 62.4 Å². The highest BCUT2D eigenvalue weighted by molar-refractivity contribution is 5.63. The second-order valence-electron chi connectivity index (χ2n) is 5.44. The van der Waals surface area contributed by atoms with Gasteiger partial charge in [-0.15, -0.1) is 0 Å². The molecule has 0 aliphatic rings. The van der Waals surface area contributed by atoms with E-state index in [1.165, 1.54) is 5.56 Å². The van der Waals surface area contributed by atoms with Gasteiger partial charge in [-0.2, -0.15) is 0 Å². The predicted octanol–water partition coefficient (Wildman–Crippen LogP) is 2.99. The molecule has 0 amide bonds. The van der Waals surface area contributed by atoms with Crippen molar-refractivity contribution < 1.29 is 4.57 Å². The highest BCUT2D eigenvalue weighted by Gasteiger charge is 2.19.